The molecule has 0 spiro atoms. The van der Waals surface area contributed by atoms with E-state index in [-0.39, 0.29) is 0 Å². The van der Waals surface area contributed by atoms with Crippen molar-refractivity contribution in [3.05, 3.63) is 441 Å². The van der Waals surface area contributed by atoms with Crippen LogP contribution in [0.15, 0.2) is 416 Å². The lowest BCUT2D eigenvalue weighted by Crippen LogP contribution is -2.00. The van der Waals surface area contributed by atoms with Gasteiger partial charge in [0.15, 0.2) is 52.4 Å². The van der Waals surface area contributed by atoms with Crippen molar-refractivity contribution in [3.8, 4) is 181 Å². The van der Waals surface area contributed by atoms with Crippen LogP contribution in [-0.2, 0) is 19.3 Å². The molecule has 3 aliphatic rings. The van der Waals surface area contributed by atoms with Gasteiger partial charge < -0.3 is 8.83 Å². The second kappa shape index (κ2) is 33.6. The number of benzene rings is 16. The Kier molecular flexibility index (Phi) is 19.6. The van der Waals surface area contributed by atoms with E-state index in [1.165, 1.54) is 38.9 Å². The predicted octanol–water partition coefficient (Wildman–Crippen LogP) is 27.3. The summed E-state index contributed by atoms with van der Waals surface area (Å²) in [5.41, 5.74) is 33.6. The number of nitrogens with zero attached hydrogens (tertiary/aromatic N) is 15. The molecule has 0 bridgehead atoms. The van der Waals surface area contributed by atoms with Gasteiger partial charge in [-0.15, -0.1) is 0 Å². The van der Waals surface area contributed by atoms with Crippen molar-refractivity contribution >= 4 is 54.6 Å². The molecule has 0 fully saturated rings. The number of fused-ring (bicyclic) bond motifs is 16. The highest BCUT2D eigenvalue weighted by atomic mass is 16.3. The first-order chi connectivity index (χ1) is 66.9. The smallest absolute Gasteiger partial charge is 0.167 e. The van der Waals surface area contributed by atoms with Gasteiger partial charge in [-0.1, -0.05) is 328 Å². The summed E-state index contributed by atoms with van der Waals surface area (Å²) in [6.45, 7) is 0. The highest BCUT2D eigenvalue weighted by Gasteiger charge is 2.30. The van der Waals surface area contributed by atoms with Crippen LogP contribution in [0.4, 0.5) is 0 Å². The zero-order chi connectivity index (χ0) is 89.2. The molecule has 0 unspecified atom stereocenters. The summed E-state index contributed by atoms with van der Waals surface area (Å²) in [5.74, 6) is 5.51. The molecule has 24 aromatic rings. The Morgan fingerprint density at radius 3 is 0.785 bits per heavy atom. The van der Waals surface area contributed by atoms with E-state index < -0.39 is 0 Å². The Morgan fingerprint density at radius 2 is 0.422 bits per heavy atom. The van der Waals surface area contributed by atoms with Gasteiger partial charge in [-0.3, -0.25) is 0 Å². The molecule has 17 heteroatoms. The van der Waals surface area contributed by atoms with Crippen LogP contribution in [-0.4, -0.2) is 74.8 Å². The molecule has 27 rings (SSSR count). The minimum absolute atomic E-state index is 0.553. The van der Waals surface area contributed by atoms with Crippen LogP contribution in [0.2, 0.25) is 0 Å². The normalized spacial score (nSPS) is 11.9. The zero-order valence-corrected chi connectivity index (χ0v) is 72.3. The number of para-hydroxylation sites is 2. The van der Waals surface area contributed by atoms with E-state index in [1.54, 1.807) is 19.0 Å². The number of aromatic nitrogens is 15. The minimum Gasteiger partial charge on any atom is -0.455 e. The maximum atomic E-state index is 6.59. The van der Waals surface area contributed by atoms with Gasteiger partial charge in [0.25, 0.3) is 0 Å². The molecule has 0 aliphatic heterocycles. The van der Waals surface area contributed by atoms with Gasteiger partial charge >= 0.3 is 0 Å². The van der Waals surface area contributed by atoms with Gasteiger partial charge in [0.1, 0.15) is 41.3 Å². The molecular weight excluding hydrogens is 1660 g/mol. The van der Waals surface area contributed by atoms with E-state index >= 15 is 0 Å². The molecule has 17 nitrogen and oxygen atoms in total. The van der Waals surface area contributed by atoms with Crippen molar-refractivity contribution < 1.29 is 8.83 Å². The predicted molar refractivity (Wildman–Crippen MR) is 534 cm³/mol. The number of hydrogen-bond donors (Lipinski definition) is 0. The molecule has 0 N–H and O–H groups in total. The highest BCUT2D eigenvalue weighted by Crippen LogP contribution is 2.47. The van der Waals surface area contributed by atoms with Crippen molar-refractivity contribution in [2.75, 3.05) is 0 Å². The Labute approximate surface area is 774 Å². The Morgan fingerprint density at radius 1 is 0.170 bits per heavy atom. The standard InChI is InChI=1S/C44H27N5O.C38H23N5O.C36H23N5/c1-3-10-27(11-4-1)28-18-20-30(21-19-28)43-47-42(29-12-5-2-6-13-29)48-44(49-43)35-17-9-16-34-36-25-32(22-23-38(36)50-41(34)35)39-37-24-31-14-7-8-15-33(31)40(37)46-26-45-39;1-3-10-23(11-4-1)36-41-37(24-12-5-2-6-13-24)43-38(42-36)29-17-9-16-28-30-21-26(18-19-32(30)44-35(28)29)33-31-20-25-14-7-8-15-27(25)34(31)40-22-39-33;1-3-9-23(10-4-1)34-39-35(24-11-5-2-6-12-24)41-36(40-34)29-18-16-25-19-28(17-15-26(25)20-29)32-31-21-27-13-7-8-14-30(27)33(31)38-22-37-32/h1-23,25-26H,24H2;1-19,21-22H,20H2;1-20,22H,21H2. The number of hydrogen-bond acceptors (Lipinski definition) is 17. The van der Waals surface area contributed by atoms with Crippen molar-refractivity contribution in [2.45, 2.75) is 19.3 Å². The topological polar surface area (TPSA) is 220 Å². The average Bonchev–Trinajstić information content (AvgIpc) is 1.60. The van der Waals surface area contributed by atoms with Gasteiger partial charge in [0, 0.05) is 130 Å². The lowest BCUT2D eigenvalue weighted by Gasteiger charge is -2.10. The third kappa shape index (κ3) is 14.7. The van der Waals surface area contributed by atoms with Crippen molar-refractivity contribution in [1.82, 2.24) is 74.8 Å². The molecule has 0 radical (unpaired) electrons. The quantitative estimate of drug-likeness (QED) is 0.105. The van der Waals surface area contributed by atoms with E-state index in [0.717, 1.165) is 197 Å². The first kappa shape index (κ1) is 78.9. The fourth-order valence-electron chi connectivity index (χ4n) is 18.9. The van der Waals surface area contributed by atoms with Gasteiger partial charge in [-0.2, -0.15) is 0 Å². The van der Waals surface area contributed by atoms with Crippen LogP contribution in [0.25, 0.3) is 236 Å². The maximum Gasteiger partial charge on any atom is 0.167 e. The minimum atomic E-state index is 0.553. The van der Waals surface area contributed by atoms with Crippen LogP contribution in [0.3, 0.4) is 0 Å². The first-order valence-corrected chi connectivity index (χ1v) is 44.8. The summed E-state index contributed by atoms with van der Waals surface area (Å²) < 4.78 is 13.1. The van der Waals surface area contributed by atoms with Crippen LogP contribution >= 0.6 is 0 Å². The summed E-state index contributed by atoms with van der Waals surface area (Å²) in [6, 6.07) is 132. The Balaban J connectivity index is 0.000000109. The Bertz CT molecular complexity index is 8650. The fourth-order valence-corrected chi connectivity index (χ4v) is 18.9. The van der Waals surface area contributed by atoms with E-state index in [4.69, 9.17) is 68.6 Å². The van der Waals surface area contributed by atoms with Crippen molar-refractivity contribution in [1.29, 1.82) is 0 Å². The van der Waals surface area contributed by atoms with Gasteiger partial charge in [-0.05, 0) is 99.3 Å². The Hall–Kier alpha value is -18.4. The molecule has 8 heterocycles. The fraction of sp³-hybridized carbons (Fsp3) is 0.0254. The molecule has 8 aromatic heterocycles. The molecule has 135 heavy (non-hydrogen) atoms. The lowest BCUT2D eigenvalue weighted by molar-refractivity contribution is 0.669. The largest absolute Gasteiger partial charge is 0.455 e. The molecule has 0 amide bonds. The van der Waals surface area contributed by atoms with Crippen molar-refractivity contribution in [2.24, 2.45) is 0 Å². The molecule has 0 saturated carbocycles. The van der Waals surface area contributed by atoms with E-state index in [1.807, 2.05) is 206 Å². The second-order valence-corrected chi connectivity index (χ2v) is 33.6. The summed E-state index contributed by atoms with van der Waals surface area (Å²) in [7, 11) is 0. The maximum absolute atomic E-state index is 6.59. The second-order valence-electron chi connectivity index (χ2n) is 33.6. The van der Waals surface area contributed by atoms with Crippen LogP contribution in [0, 0.1) is 0 Å². The van der Waals surface area contributed by atoms with E-state index in [2.05, 4.69) is 197 Å². The first-order valence-electron chi connectivity index (χ1n) is 44.8. The summed E-state index contributed by atoms with van der Waals surface area (Å²) in [4.78, 5) is 72.5. The lowest BCUT2D eigenvalue weighted by atomic mass is 9.99. The van der Waals surface area contributed by atoms with Gasteiger partial charge in [0.05, 0.1) is 45.3 Å². The third-order valence-electron chi connectivity index (χ3n) is 25.5. The average molecular weight is 1730 g/mol. The molecule has 3 aliphatic carbocycles. The highest BCUT2D eigenvalue weighted by molar-refractivity contribution is 6.12. The molecule has 632 valence electrons. The van der Waals surface area contributed by atoms with Crippen LogP contribution in [0.5, 0.6) is 0 Å². The molecule has 16 aromatic carbocycles. The SMILES string of the molecule is c1ccc(-c2ccc(-c3nc(-c4ccccc4)nc(-c4cccc5c4oc4ccc(-c6ncnc7c6Cc6ccccc6-7)cc45)n3)cc2)cc1.c1ccc(-c2nc(-c3ccccc3)nc(-c3ccc4cc(-c5ncnc6c5Cc5ccccc5-6)ccc4c3)n2)cc1.c1ccc(-c2nc(-c3ccccc3)nc(-c3cccc4c3oc3ccc(-c5ncnc6c5Cc5ccccc5-6)cc34)n2)cc1. The summed E-state index contributed by atoms with van der Waals surface area (Å²) in [5, 5.41) is 6.26. The van der Waals surface area contributed by atoms with Crippen LogP contribution < -0.4 is 0 Å². The molecule has 0 atom stereocenters. The molecular formula is C118H73N15O2. The molecule has 0 saturated heterocycles. The zero-order valence-electron chi connectivity index (χ0n) is 72.3. The summed E-state index contributed by atoms with van der Waals surface area (Å²) in [6.07, 6.45) is 7.51. The van der Waals surface area contributed by atoms with E-state index in [9.17, 15) is 0 Å². The third-order valence-corrected chi connectivity index (χ3v) is 25.5. The van der Waals surface area contributed by atoms with Crippen molar-refractivity contribution in [3.63, 3.8) is 0 Å². The van der Waals surface area contributed by atoms with Gasteiger partial charge in [0.2, 0.25) is 0 Å². The summed E-state index contributed by atoms with van der Waals surface area (Å²) >= 11 is 0. The monoisotopic (exact) mass is 1730 g/mol. The van der Waals surface area contributed by atoms with E-state index in [0.29, 0.717) is 52.4 Å². The number of furan rings is 2. The van der Waals surface area contributed by atoms with Crippen LogP contribution in [0.1, 0.15) is 33.4 Å². The van der Waals surface area contributed by atoms with Gasteiger partial charge in [-0.25, -0.2) is 74.8 Å². The number of rotatable bonds is 13.